The van der Waals surface area contributed by atoms with Crippen LogP contribution >= 0.6 is 0 Å². The maximum absolute atomic E-state index is 12.1. The minimum Gasteiger partial charge on any atom is -0.481 e. The number of carboxylic acid groups (broad SMARTS) is 1. The summed E-state index contributed by atoms with van der Waals surface area (Å²) in [7, 11) is 0. The smallest absolute Gasteiger partial charge is 0.310 e. The van der Waals surface area contributed by atoms with Gasteiger partial charge < -0.3 is 15.2 Å². The fraction of sp³-hybridized carbons (Fsp3) is 0.857. The lowest BCUT2D eigenvalue weighted by Gasteiger charge is -2.27. The van der Waals surface area contributed by atoms with Crippen LogP contribution in [0.25, 0.3) is 0 Å². The van der Waals surface area contributed by atoms with Gasteiger partial charge in [-0.05, 0) is 19.3 Å². The molecule has 0 bridgehead atoms. The lowest BCUT2D eigenvalue weighted by molar-refractivity contribution is -0.153. The molecule has 0 aromatic rings. The van der Waals surface area contributed by atoms with Crippen molar-refractivity contribution in [2.24, 2.45) is 5.41 Å². The number of hydrogen-bond acceptors (Lipinski definition) is 3. The van der Waals surface area contributed by atoms with Crippen molar-refractivity contribution in [2.45, 2.75) is 57.4 Å². The van der Waals surface area contributed by atoms with E-state index in [4.69, 9.17) is 4.74 Å². The number of amides is 1. The number of aliphatic carboxylic acids is 1. The second-order valence-corrected chi connectivity index (χ2v) is 5.80. The third-order valence-electron chi connectivity index (χ3n) is 4.31. The lowest BCUT2D eigenvalue weighted by atomic mass is 9.77. The molecule has 1 unspecified atom stereocenters. The number of ether oxygens (including phenoxy) is 1. The molecule has 108 valence electrons. The van der Waals surface area contributed by atoms with Gasteiger partial charge in [0.15, 0.2) is 0 Å². The Kier molecular flexibility index (Phi) is 4.80. The Morgan fingerprint density at radius 3 is 2.42 bits per heavy atom. The minimum atomic E-state index is -0.847. The highest BCUT2D eigenvalue weighted by atomic mass is 16.5. The number of hydrogen-bond donors (Lipinski definition) is 2. The highest BCUT2D eigenvalue weighted by Crippen LogP contribution is 2.38. The van der Waals surface area contributed by atoms with Gasteiger partial charge in [0.1, 0.15) is 0 Å². The minimum absolute atomic E-state index is 0.0594. The van der Waals surface area contributed by atoms with Crippen LogP contribution in [0.5, 0.6) is 0 Å². The first kappa shape index (κ1) is 14.3. The first-order chi connectivity index (χ1) is 9.12. The molecule has 0 aromatic carbocycles. The van der Waals surface area contributed by atoms with E-state index < -0.39 is 11.4 Å². The summed E-state index contributed by atoms with van der Waals surface area (Å²) in [6, 6.07) is 0.0594. The molecule has 1 atom stereocenters. The van der Waals surface area contributed by atoms with Crippen molar-refractivity contribution in [1.82, 2.24) is 5.32 Å². The van der Waals surface area contributed by atoms with E-state index in [1.165, 1.54) is 0 Å². The molecule has 1 saturated carbocycles. The van der Waals surface area contributed by atoms with E-state index in [1.807, 2.05) is 0 Å². The van der Waals surface area contributed by atoms with Crippen LogP contribution in [0.1, 0.15) is 51.4 Å². The Bertz CT molecular complexity index is 328. The van der Waals surface area contributed by atoms with Crippen LogP contribution in [0.2, 0.25) is 0 Å². The van der Waals surface area contributed by atoms with Crippen LogP contribution in [0.15, 0.2) is 0 Å². The van der Waals surface area contributed by atoms with E-state index in [0.29, 0.717) is 26.1 Å². The molecule has 5 nitrogen and oxygen atoms in total. The number of carbonyl (C=O) groups is 2. The van der Waals surface area contributed by atoms with Crippen LogP contribution in [0.4, 0.5) is 0 Å². The molecule has 1 aliphatic carbocycles. The second-order valence-electron chi connectivity index (χ2n) is 5.80. The third-order valence-corrected chi connectivity index (χ3v) is 4.31. The van der Waals surface area contributed by atoms with Crippen molar-refractivity contribution in [3.63, 3.8) is 0 Å². The fourth-order valence-electron chi connectivity index (χ4n) is 3.11. The number of rotatable bonds is 4. The Hall–Kier alpha value is -1.10. The van der Waals surface area contributed by atoms with Gasteiger partial charge in [-0.3, -0.25) is 9.59 Å². The SMILES string of the molecule is O=C(CC1(C(=O)O)CCCCCC1)NC1CCOC1. The average Bonchev–Trinajstić information content (AvgIpc) is 2.73. The molecule has 2 N–H and O–H groups in total. The lowest BCUT2D eigenvalue weighted by Crippen LogP contribution is -2.41. The molecule has 1 heterocycles. The molecule has 19 heavy (non-hydrogen) atoms. The second kappa shape index (κ2) is 6.37. The average molecular weight is 269 g/mol. The zero-order valence-corrected chi connectivity index (χ0v) is 11.3. The molecule has 2 rings (SSSR count). The molecule has 0 radical (unpaired) electrons. The van der Waals surface area contributed by atoms with Crippen molar-refractivity contribution in [3.05, 3.63) is 0 Å². The van der Waals surface area contributed by atoms with Crippen LogP contribution in [-0.4, -0.2) is 36.2 Å². The quantitative estimate of drug-likeness (QED) is 0.762. The normalized spacial score (nSPS) is 26.6. The molecule has 0 aromatic heterocycles. The summed E-state index contributed by atoms with van der Waals surface area (Å²) >= 11 is 0. The van der Waals surface area contributed by atoms with Gasteiger partial charge in [0, 0.05) is 13.0 Å². The van der Waals surface area contributed by atoms with Crippen LogP contribution in [-0.2, 0) is 14.3 Å². The third kappa shape index (κ3) is 3.69. The summed E-state index contributed by atoms with van der Waals surface area (Å²) < 4.78 is 5.21. The van der Waals surface area contributed by atoms with Gasteiger partial charge in [0.05, 0.1) is 18.1 Å². The van der Waals surface area contributed by atoms with Crippen LogP contribution in [0, 0.1) is 5.41 Å². The monoisotopic (exact) mass is 269 g/mol. The van der Waals surface area contributed by atoms with Gasteiger partial charge >= 0.3 is 5.97 Å². The number of carbonyl (C=O) groups excluding carboxylic acids is 1. The molecule has 1 aliphatic heterocycles. The van der Waals surface area contributed by atoms with Gasteiger partial charge in [-0.1, -0.05) is 25.7 Å². The van der Waals surface area contributed by atoms with Gasteiger partial charge in [-0.2, -0.15) is 0 Å². The summed E-state index contributed by atoms with van der Waals surface area (Å²) in [6.07, 6.45) is 6.15. The largest absolute Gasteiger partial charge is 0.481 e. The zero-order valence-electron chi connectivity index (χ0n) is 11.3. The van der Waals surface area contributed by atoms with E-state index >= 15 is 0 Å². The highest BCUT2D eigenvalue weighted by molar-refractivity contribution is 5.85. The fourth-order valence-corrected chi connectivity index (χ4v) is 3.11. The van der Waals surface area contributed by atoms with Gasteiger partial charge in [-0.15, -0.1) is 0 Å². The standard InChI is InChI=1S/C14H23NO4/c16-12(15-11-5-8-19-10-11)9-14(13(17)18)6-3-1-2-4-7-14/h11H,1-10H2,(H,15,16)(H,17,18). The Balaban J connectivity index is 1.94. The van der Waals surface area contributed by atoms with Crippen LogP contribution in [0.3, 0.4) is 0 Å². The first-order valence-electron chi connectivity index (χ1n) is 7.23. The van der Waals surface area contributed by atoms with Gasteiger partial charge in [-0.25, -0.2) is 0 Å². The molecule has 1 amide bonds. The Labute approximate surface area is 113 Å². The molecule has 2 aliphatic rings. The predicted molar refractivity (Wildman–Crippen MR) is 69.8 cm³/mol. The van der Waals surface area contributed by atoms with E-state index in [1.54, 1.807) is 0 Å². The summed E-state index contributed by atoms with van der Waals surface area (Å²) in [6.45, 7) is 1.22. The van der Waals surface area contributed by atoms with Crippen molar-refractivity contribution in [3.8, 4) is 0 Å². The molecular weight excluding hydrogens is 246 g/mol. The van der Waals surface area contributed by atoms with E-state index in [-0.39, 0.29) is 18.4 Å². The maximum Gasteiger partial charge on any atom is 0.310 e. The molecule has 0 spiro atoms. The zero-order chi connectivity index (χ0) is 13.7. The highest BCUT2D eigenvalue weighted by Gasteiger charge is 2.40. The van der Waals surface area contributed by atoms with Crippen LogP contribution < -0.4 is 5.32 Å². The summed E-state index contributed by atoms with van der Waals surface area (Å²) in [5, 5.41) is 12.4. The van der Waals surface area contributed by atoms with Crippen molar-refractivity contribution in [1.29, 1.82) is 0 Å². The van der Waals surface area contributed by atoms with E-state index in [2.05, 4.69) is 5.32 Å². The van der Waals surface area contributed by atoms with Gasteiger partial charge in [0.25, 0.3) is 0 Å². The molecule has 1 saturated heterocycles. The summed E-state index contributed by atoms with van der Waals surface area (Å²) in [4.78, 5) is 23.7. The van der Waals surface area contributed by atoms with E-state index in [0.717, 1.165) is 32.1 Å². The van der Waals surface area contributed by atoms with E-state index in [9.17, 15) is 14.7 Å². The Morgan fingerprint density at radius 1 is 1.21 bits per heavy atom. The topological polar surface area (TPSA) is 75.6 Å². The number of carboxylic acids is 1. The van der Waals surface area contributed by atoms with Gasteiger partial charge in [0.2, 0.25) is 5.91 Å². The maximum atomic E-state index is 12.1. The van der Waals surface area contributed by atoms with Crippen molar-refractivity contribution in [2.75, 3.05) is 13.2 Å². The van der Waals surface area contributed by atoms with Crippen molar-refractivity contribution < 1.29 is 19.4 Å². The molecule has 5 heteroatoms. The number of nitrogens with one attached hydrogen (secondary N) is 1. The predicted octanol–water partition coefficient (Wildman–Crippen LogP) is 1.71. The Morgan fingerprint density at radius 2 is 1.89 bits per heavy atom. The van der Waals surface area contributed by atoms with Crippen molar-refractivity contribution >= 4 is 11.9 Å². The molecule has 2 fully saturated rings. The summed E-state index contributed by atoms with van der Waals surface area (Å²) in [5.41, 5.74) is -0.847. The first-order valence-corrected chi connectivity index (χ1v) is 7.23. The summed E-state index contributed by atoms with van der Waals surface area (Å²) in [5.74, 6) is -0.952. The molecular formula is C14H23NO4.